The van der Waals surface area contributed by atoms with Crippen molar-refractivity contribution in [3.05, 3.63) is 42.7 Å². The molecule has 1 aliphatic rings. The van der Waals surface area contributed by atoms with Gasteiger partial charge >= 0.3 is 0 Å². The zero-order chi connectivity index (χ0) is 13.3. The van der Waals surface area contributed by atoms with Crippen LogP contribution in [0.4, 0.5) is 5.69 Å². The second kappa shape index (κ2) is 4.70. The van der Waals surface area contributed by atoms with Crippen molar-refractivity contribution in [2.75, 3.05) is 4.72 Å². The number of rotatable bonds is 4. The zero-order valence-corrected chi connectivity index (χ0v) is 11.2. The second-order valence-electron chi connectivity index (χ2n) is 4.71. The largest absolute Gasteiger partial charge is 0.276 e. The van der Waals surface area contributed by atoms with Crippen molar-refractivity contribution in [3.8, 4) is 0 Å². The van der Waals surface area contributed by atoms with Crippen LogP contribution in [0.2, 0.25) is 0 Å². The van der Waals surface area contributed by atoms with Gasteiger partial charge in [-0.3, -0.25) is 9.40 Å². The average Bonchev–Trinajstić information content (AvgIpc) is 2.75. The molecule has 0 aliphatic heterocycles. The van der Waals surface area contributed by atoms with Gasteiger partial charge in [0.2, 0.25) is 0 Å². The van der Waals surface area contributed by atoms with Crippen LogP contribution in [0.15, 0.2) is 47.6 Å². The Labute approximate surface area is 112 Å². The number of hydrogen-bond donors (Lipinski definition) is 1. The molecule has 1 saturated carbocycles. The SMILES string of the molecule is O=S(=O)(Nc1cnn(C2CCC2)c1)c1ccccc1. The number of sulfonamides is 1. The van der Waals surface area contributed by atoms with Gasteiger partial charge in [-0.05, 0) is 31.4 Å². The lowest BCUT2D eigenvalue weighted by molar-refractivity contribution is 0.289. The highest BCUT2D eigenvalue weighted by molar-refractivity contribution is 7.92. The molecule has 1 N–H and O–H groups in total. The lowest BCUT2D eigenvalue weighted by Crippen LogP contribution is -2.17. The summed E-state index contributed by atoms with van der Waals surface area (Å²) in [6, 6.07) is 8.75. The fraction of sp³-hybridized carbons (Fsp3) is 0.308. The molecule has 1 aliphatic carbocycles. The van der Waals surface area contributed by atoms with Crippen LogP contribution in [-0.2, 0) is 10.0 Å². The molecule has 1 aromatic carbocycles. The van der Waals surface area contributed by atoms with Crippen molar-refractivity contribution in [1.29, 1.82) is 0 Å². The monoisotopic (exact) mass is 277 g/mol. The summed E-state index contributed by atoms with van der Waals surface area (Å²) >= 11 is 0. The Morgan fingerprint density at radius 2 is 1.95 bits per heavy atom. The van der Waals surface area contributed by atoms with E-state index in [-0.39, 0.29) is 4.90 Å². The Morgan fingerprint density at radius 3 is 2.58 bits per heavy atom. The molecule has 0 saturated heterocycles. The summed E-state index contributed by atoms with van der Waals surface area (Å²) in [5.41, 5.74) is 0.510. The predicted octanol–water partition coefficient (Wildman–Crippen LogP) is 2.41. The maximum atomic E-state index is 12.1. The molecule has 0 atom stereocenters. The van der Waals surface area contributed by atoms with Gasteiger partial charge in [-0.1, -0.05) is 18.2 Å². The fourth-order valence-electron chi connectivity index (χ4n) is 2.06. The minimum absolute atomic E-state index is 0.256. The molecule has 100 valence electrons. The van der Waals surface area contributed by atoms with E-state index in [0.29, 0.717) is 11.7 Å². The topological polar surface area (TPSA) is 64.0 Å². The highest BCUT2D eigenvalue weighted by Gasteiger charge is 2.21. The van der Waals surface area contributed by atoms with E-state index in [9.17, 15) is 8.42 Å². The molecule has 0 amide bonds. The third-order valence-electron chi connectivity index (χ3n) is 3.36. The van der Waals surface area contributed by atoms with Crippen molar-refractivity contribution in [3.63, 3.8) is 0 Å². The van der Waals surface area contributed by atoms with E-state index in [1.54, 1.807) is 42.7 Å². The van der Waals surface area contributed by atoms with Gasteiger partial charge < -0.3 is 0 Å². The normalized spacial score (nSPS) is 16.0. The summed E-state index contributed by atoms with van der Waals surface area (Å²) in [4.78, 5) is 0.256. The molecule has 1 heterocycles. The Bertz CT molecular complexity index is 660. The van der Waals surface area contributed by atoms with Crippen molar-refractivity contribution >= 4 is 15.7 Å². The van der Waals surface area contributed by atoms with Gasteiger partial charge in [0.25, 0.3) is 10.0 Å². The van der Waals surface area contributed by atoms with E-state index in [4.69, 9.17) is 0 Å². The Kier molecular flexibility index (Phi) is 3.02. The van der Waals surface area contributed by atoms with E-state index < -0.39 is 10.0 Å². The number of aromatic nitrogens is 2. The standard InChI is InChI=1S/C13H15N3O2S/c17-19(18,13-7-2-1-3-8-13)15-11-9-14-16(10-11)12-5-4-6-12/h1-3,7-10,12,15H,4-6H2. The molecule has 2 aromatic rings. The first-order chi connectivity index (χ1) is 9.15. The minimum Gasteiger partial charge on any atom is -0.276 e. The van der Waals surface area contributed by atoms with Crippen LogP contribution in [0.25, 0.3) is 0 Å². The zero-order valence-electron chi connectivity index (χ0n) is 10.4. The summed E-state index contributed by atoms with van der Waals surface area (Å²) in [5, 5.41) is 4.21. The maximum absolute atomic E-state index is 12.1. The Balaban J connectivity index is 1.79. The molecule has 0 unspecified atom stereocenters. The average molecular weight is 277 g/mol. The lowest BCUT2D eigenvalue weighted by atomic mass is 9.93. The number of hydrogen-bond acceptors (Lipinski definition) is 3. The highest BCUT2D eigenvalue weighted by atomic mass is 32.2. The second-order valence-corrected chi connectivity index (χ2v) is 6.39. The molecule has 0 bridgehead atoms. The van der Waals surface area contributed by atoms with E-state index >= 15 is 0 Å². The van der Waals surface area contributed by atoms with Crippen molar-refractivity contribution in [2.45, 2.75) is 30.2 Å². The predicted molar refractivity (Wildman–Crippen MR) is 72.4 cm³/mol. The third kappa shape index (κ3) is 2.49. The van der Waals surface area contributed by atoms with Gasteiger partial charge in [0.15, 0.2) is 0 Å². The van der Waals surface area contributed by atoms with E-state index in [2.05, 4.69) is 9.82 Å². The van der Waals surface area contributed by atoms with Crippen LogP contribution in [0.3, 0.4) is 0 Å². The first-order valence-electron chi connectivity index (χ1n) is 6.27. The number of anilines is 1. The first kappa shape index (κ1) is 12.2. The number of nitrogens with zero attached hydrogens (tertiary/aromatic N) is 2. The van der Waals surface area contributed by atoms with Gasteiger partial charge in [-0.2, -0.15) is 5.10 Å². The lowest BCUT2D eigenvalue weighted by Gasteiger charge is -2.25. The van der Waals surface area contributed by atoms with Gasteiger partial charge in [-0.15, -0.1) is 0 Å². The first-order valence-corrected chi connectivity index (χ1v) is 7.75. The molecule has 19 heavy (non-hydrogen) atoms. The Morgan fingerprint density at radius 1 is 1.21 bits per heavy atom. The summed E-state index contributed by atoms with van der Waals surface area (Å²) in [6.07, 6.45) is 6.76. The molecule has 5 nitrogen and oxygen atoms in total. The quantitative estimate of drug-likeness (QED) is 0.933. The molecular weight excluding hydrogens is 262 g/mol. The smallest absolute Gasteiger partial charge is 0.261 e. The summed E-state index contributed by atoms with van der Waals surface area (Å²) in [6.45, 7) is 0. The van der Waals surface area contributed by atoms with E-state index in [1.165, 1.54) is 6.42 Å². The number of benzene rings is 1. The highest BCUT2D eigenvalue weighted by Crippen LogP contribution is 2.31. The van der Waals surface area contributed by atoms with E-state index in [1.807, 2.05) is 4.68 Å². The summed E-state index contributed by atoms with van der Waals surface area (Å²) in [5.74, 6) is 0. The minimum atomic E-state index is -3.52. The molecule has 0 radical (unpaired) electrons. The van der Waals surface area contributed by atoms with Gasteiger partial charge in [0.1, 0.15) is 0 Å². The van der Waals surface area contributed by atoms with Gasteiger partial charge in [0, 0.05) is 6.20 Å². The van der Waals surface area contributed by atoms with Crippen molar-refractivity contribution in [1.82, 2.24) is 9.78 Å². The summed E-state index contributed by atoms with van der Waals surface area (Å²) < 4.78 is 28.6. The van der Waals surface area contributed by atoms with Crippen LogP contribution < -0.4 is 4.72 Å². The van der Waals surface area contributed by atoms with Crippen LogP contribution >= 0.6 is 0 Å². The fourth-order valence-corrected chi connectivity index (χ4v) is 3.10. The van der Waals surface area contributed by atoms with E-state index in [0.717, 1.165) is 12.8 Å². The van der Waals surface area contributed by atoms with Crippen molar-refractivity contribution < 1.29 is 8.42 Å². The van der Waals surface area contributed by atoms with Crippen molar-refractivity contribution in [2.24, 2.45) is 0 Å². The van der Waals surface area contributed by atoms with Crippen LogP contribution in [0.1, 0.15) is 25.3 Å². The molecule has 1 aromatic heterocycles. The summed E-state index contributed by atoms with van der Waals surface area (Å²) in [7, 11) is -3.52. The molecule has 3 rings (SSSR count). The number of nitrogens with one attached hydrogen (secondary N) is 1. The molecule has 1 fully saturated rings. The third-order valence-corrected chi connectivity index (χ3v) is 4.75. The van der Waals surface area contributed by atoms with Gasteiger partial charge in [0.05, 0.1) is 22.8 Å². The van der Waals surface area contributed by atoms with Crippen LogP contribution in [0.5, 0.6) is 0 Å². The molecular formula is C13H15N3O2S. The molecule has 0 spiro atoms. The molecule has 6 heteroatoms. The van der Waals surface area contributed by atoms with Crippen LogP contribution in [-0.4, -0.2) is 18.2 Å². The Hall–Kier alpha value is -1.82. The maximum Gasteiger partial charge on any atom is 0.261 e. The van der Waals surface area contributed by atoms with Gasteiger partial charge in [-0.25, -0.2) is 8.42 Å². The van der Waals surface area contributed by atoms with Crippen LogP contribution in [0, 0.1) is 0 Å².